The van der Waals surface area contributed by atoms with Crippen molar-refractivity contribution in [2.45, 2.75) is 118 Å². The van der Waals surface area contributed by atoms with E-state index in [0.29, 0.717) is 11.7 Å². The van der Waals surface area contributed by atoms with E-state index in [-0.39, 0.29) is 11.5 Å². The summed E-state index contributed by atoms with van der Waals surface area (Å²) in [6, 6.07) is 1.88. The van der Waals surface area contributed by atoms with Gasteiger partial charge in [-0.15, -0.1) is 0 Å². The van der Waals surface area contributed by atoms with Gasteiger partial charge in [0.1, 0.15) is 17.1 Å². The molecule has 4 nitrogen and oxygen atoms in total. The van der Waals surface area contributed by atoms with Gasteiger partial charge in [-0.1, -0.05) is 59.3 Å². The number of rotatable bonds is 13. The number of fused-ring (bicyclic) bond motifs is 1. The molecule has 2 N–H and O–H groups in total. The maximum atomic E-state index is 10.9. The van der Waals surface area contributed by atoms with Crippen LogP contribution in [0.5, 0.6) is 11.5 Å². The van der Waals surface area contributed by atoms with Crippen LogP contribution in [0.3, 0.4) is 0 Å². The Morgan fingerprint density at radius 3 is 2.16 bits per heavy atom. The number of aryl methyl sites for hydroxylation is 1. The first-order valence-electron chi connectivity index (χ1n) is 12.8. The molecule has 4 atom stereocenters. The summed E-state index contributed by atoms with van der Waals surface area (Å²) >= 11 is 0. The zero-order valence-electron chi connectivity index (χ0n) is 21.3. The van der Waals surface area contributed by atoms with Gasteiger partial charge in [0.05, 0.1) is 5.92 Å². The molecule has 0 spiro atoms. The van der Waals surface area contributed by atoms with Crippen molar-refractivity contribution in [1.82, 2.24) is 0 Å². The van der Waals surface area contributed by atoms with Gasteiger partial charge in [-0.2, -0.15) is 0 Å². The summed E-state index contributed by atoms with van der Waals surface area (Å²) in [5.41, 5.74) is 3.03. The third kappa shape index (κ3) is 7.71. The number of hydrogen-bond acceptors (Lipinski definition) is 3. The molecule has 1 heterocycles. The fourth-order valence-corrected chi connectivity index (χ4v) is 4.97. The van der Waals surface area contributed by atoms with Crippen molar-refractivity contribution in [3.63, 3.8) is 0 Å². The lowest BCUT2D eigenvalue weighted by atomic mass is 9.85. The van der Waals surface area contributed by atoms with Gasteiger partial charge in [-0.05, 0) is 87.5 Å². The van der Waals surface area contributed by atoms with Crippen LogP contribution in [0.25, 0.3) is 0 Å². The Morgan fingerprint density at radius 2 is 1.56 bits per heavy atom. The van der Waals surface area contributed by atoms with Crippen molar-refractivity contribution in [2.24, 2.45) is 17.8 Å². The van der Waals surface area contributed by atoms with Gasteiger partial charge in [-0.25, -0.2) is 0 Å². The Bertz CT molecular complexity index is 756. The largest absolute Gasteiger partial charge is 0.508 e. The quantitative estimate of drug-likeness (QED) is 0.327. The molecule has 0 aromatic heterocycles. The molecule has 4 heteroatoms. The second-order valence-corrected chi connectivity index (χ2v) is 10.9. The lowest BCUT2D eigenvalue weighted by Gasteiger charge is -2.37. The number of aromatic hydroxyl groups is 1. The van der Waals surface area contributed by atoms with Crippen LogP contribution in [0.15, 0.2) is 6.07 Å². The van der Waals surface area contributed by atoms with Gasteiger partial charge in [-0.3, -0.25) is 4.79 Å². The smallest absolute Gasteiger partial charge is 0.306 e. The molecule has 0 radical (unpaired) electrons. The first-order chi connectivity index (χ1) is 15.0. The molecule has 0 bridgehead atoms. The normalized spacial score (nSPS) is 20.8. The molecule has 0 aliphatic carbocycles. The van der Waals surface area contributed by atoms with Crippen molar-refractivity contribution in [2.75, 3.05) is 0 Å². The minimum absolute atomic E-state index is 0.109. The first-order valence-corrected chi connectivity index (χ1v) is 12.8. The number of carboxylic acids is 1. The highest BCUT2D eigenvalue weighted by Crippen LogP contribution is 2.42. The molecule has 0 fully saturated rings. The summed E-state index contributed by atoms with van der Waals surface area (Å²) in [5, 5.41) is 19.1. The van der Waals surface area contributed by atoms with Crippen LogP contribution in [0, 0.1) is 31.6 Å². The summed E-state index contributed by atoms with van der Waals surface area (Å²) in [5.74, 6) is 1.90. The summed E-state index contributed by atoms with van der Waals surface area (Å²) < 4.78 is 6.50. The molecule has 32 heavy (non-hydrogen) atoms. The van der Waals surface area contributed by atoms with Gasteiger partial charge in [0.15, 0.2) is 0 Å². The Morgan fingerprint density at radius 1 is 1.00 bits per heavy atom. The number of benzene rings is 1. The van der Waals surface area contributed by atoms with Gasteiger partial charge in [0, 0.05) is 0 Å². The highest BCUT2D eigenvalue weighted by atomic mass is 16.5. The second-order valence-electron chi connectivity index (χ2n) is 10.9. The highest BCUT2D eigenvalue weighted by Gasteiger charge is 2.33. The maximum Gasteiger partial charge on any atom is 0.306 e. The van der Waals surface area contributed by atoms with Crippen LogP contribution in [0.2, 0.25) is 0 Å². The van der Waals surface area contributed by atoms with Gasteiger partial charge in [0.25, 0.3) is 0 Å². The fourth-order valence-electron chi connectivity index (χ4n) is 4.97. The number of ether oxygens (including phenoxy) is 1. The molecule has 1 aliphatic rings. The molecule has 1 aliphatic heterocycles. The van der Waals surface area contributed by atoms with E-state index in [1.54, 1.807) is 6.92 Å². The maximum absolute atomic E-state index is 10.9. The summed E-state index contributed by atoms with van der Waals surface area (Å²) in [7, 11) is 0. The summed E-state index contributed by atoms with van der Waals surface area (Å²) in [6.45, 7) is 12.7. The molecule has 0 amide bonds. The second kappa shape index (κ2) is 12.0. The number of aliphatic carboxylic acids is 1. The predicted octanol–water partition coefficient (Wildman–Crippen LogP) is 7.60. The van der Waals surface area contributed by atoms with Crippen LogP contribution in [0.1, 0.15) is 109 Å². The molecule has 1 unspecified atom stereocenters. The average Bonchev–Trinajstić information content (AvgIpc) is 2.72. The van der Waals surface area contributed by atoms with Crippen LogP contribution < -0.4 is 4.74 Å². The van der Waals surface area contributed by atoms with Gasteiger partial charge in [0.2, 0.25) is 0 Å². The van der Waals surface area contributed by atoms with E-state index in [2.05, 4.69) is 27.7 Å². The number of phenolic OH excluding ortho intramolecular Hbond substituents is 1. The van der Waals surface area contributed by atoms with Crippen molar-refractivity contribution in [3.8, 4) is 11.5 Å². The first kappa shape index (κ1) is 26.5. The predicted molar refractivity (Wildman–Crippen MR) is 132 cm³/mol. The Hall–Kier alpha value is -1.71. The zero-order chi connectivity index (χ0) is 23.9. The summed E-state index contributed by atoms with van der Waals surface area (Å²) in [4.78, 5) is 10.9. The SMILES string of the molecule is Cc1c(O)cc2c(c1C)O[C@](C)(CCC[C@@H](C)CCC[C@@H](C)CCCC(C)C(=O)O)CC2. The number of carboxylic acid groups (broad SMARTS) is 1. The minimum Gasteiger partial charge on any atom is -0.508 e. The molecule has 1 aromatic rings. The Balaban J connectivity index is 1.66. The molecule has 2 rings (SSSR count). The average molecular weight is 447 g/mol. The fraction of sp³-hybridized carbons (Fsp3) is 0.750. The number of phenols is 1. The van der Waals surface area contributed by atoms with E-state index in [4.69, 9.17) is 9.84 Å². The number of carbonyl (C=O) groups is 1. The van der Waals surface area contributed by atoms with E-state index >= 15 is 0 Å². The lowest BCUT2D eigenvalue weighted by Crippen LogP contribution is -2.36. The zero-order valence-corrected chi connectivity index (χ0v) is 21.3. The molecule has 1 aromatic carbocycles. The lowest BCUT2D eigenvalue weighted by molar-refractivity contribution is -0.141. The third-order valence-corrected chi connectivity index (χ3v) is 7.71. The monoisotopic (exact) mass is 446 g/mol. The molecular formula is C28H46O4. The van der Waals surface area contributed by atoms with Gasteiger partial charge >= 0.3 is 5.97 Å². The highest BCUT2D eigenvalue weighted by molar-refractivity contribution is 5.69. The van der Waals surface area contributed by atoms with Crippen molar-refractivity contribution < 1.29 is 19.7 Å². The van der Waals surface area contributed by atoms with E-state index in [0.717, 1.165) is 66.9 Å². The molecule has 0 saturated carbocycles. The van der Waals surface area contributed by atoms with Crippen molar-refractivity contribution >= 4 is 5.97 Å². The van der Waals surface area contributed by atoms with E-state index in [1.807, 2.05) is 13.0 Å². The standard InChI is InChI=1S/C28H46O4/c1-19(12-8-14-21(3)27(30)31)10-7-11-20(2)13-9-16-28(6)17-15-24-18-25(29)22(4)23(5)26(24)32-28/h18-21,29H,7-17H2,1-6H3,(H,30,31)/t19-,20+,21?,28-/m1/s1. The summed E-state index contributed by atoms with van der Waals surface area (Å²) in [6.07, 6.45) is 12.2. The van der Waals surface area contributed by atoms with E-state index in [1.165, 1.54) is 32.1 Å². The Kier molecular flexibility index (Phi) is 9.91. The van der Waals surface area contributed by atoms with Crippen LogP contribution >= 0.6 is 0 Å². The molecular weight excluding hydrogens is 400 g/mol. The molecule has 0 saturated heterocycles. The topological polar surface area (TPSA) is 66.8 Å². The van der Waals surface area contributed by atoms with Crippen molar-refractivity contribution in [1.29, 1.82) is 0 Å². The van der Waals surface area contributed by atoms with Crippen molar-refractivity contribution in [3.05, 3.63) is 22.8 Å². The van der Waals surface area contributed by atoms with Crippen LogP contribution in [-0.4, -0.2) is 21.8 Å². The Labute approximate surface area is 195 Å². The van der Waals surface area contributed by atoms with Crippen LogP contribution in [0.4, 0.5) is 0 Å². The molecule has 182 valence electrons. The van der Waals surface area contributed by atoms with E-state index < -0.39 is 5.97 Å². The number of hydrogen-bond donors (Lipinski definition) is 2. The third-order valence-electron chi connectivity index (χ3n) is 7.71. The van der Waals surface area contributed by atoms with Gasteiger partial charge < -0.3 is 14.9 Å². The van der Waals surface area contributed by atoms with Crippen LogP contribution in [-0.2, 0) is 11.2 Å². The minimum atomic E-state index is -0.673. The van der Waals surface area contributed by atoms with E-state index in [9.17, 15) is 9.90 Å².